The van der Waals surface area contributed by atoms with Crippen LogP contribution in [0.2, 0.25) is 0 Å². The summed E-state index contributed by atoms with van der Waals surface area (Å²) >= 11 is 11.6. The van der Waals surface area contributed by atoms with Gasteiger partial charge in [0.15, 0.2) is 5.69 Å². The third kappa shape index (κ3) is 3.60. The molecule has 0 aliphatic carbocycles. The molecule has 0 aliphatic rings. The molecule has 0 unspecified atom stereocenters. The molecule has 18 heavy (non-hydrogen) atoms. The van der Waals surface area contributed by atoms with Crippen LogP contribution in [0.1, 0.15) is 5.69 Å². The summed E-state index contributed by atoms with van der Waals surface area (Å²) in [5, 5.41) is 10.8. The number of halogens is 2. The second-order valence-corrected chi connectivity index (χ2v) is 5.36. The molecular formula is C11H18Cl2N3O2+. The molecule has 5 nitrogen and oxygen atoms in total. The van der Waals surface area contributed by atoms with Crippen LogP contribution in [-0.4, -0.2) is 45.9 Å². The van der Waals surface area contributed by atoms with Crippen molar-refractivity contribution < 1.29 is 9.41 Å². The van der Waals surface area contributed by atoms with Crippen LogP contribution in [0, 0.1) is 10.1 Å². The lowest BCUT2D eigenvalue weighted by Crippen LogP contribution is -2.46. The fourth-order valence-corrected chi connectivity index (χ4v) is 2.77. The molecule has 0 spiro atoms. The molecule has 0 N–H and O–H groups in total. The highest BCUT2D eigenvalue weighted by Gasteiger charge is 2.26. The minimum Gasteiger partial charge on any atom is -0.358 e. The van der Waals surface area contributed by atoms with Gasteiger partial charge in [-0.05, 0) is 11.0 Å². The van der Waals surface area contributed by atoms with Crippen LogP contribution >= 0.6 is 23.2 Å². The molecule has 0 fully saturated rings. The predicted octanol–water partition coefficient (Wildman–Crippen LogP) is 2.36. The summed E-state index contributed by atoms with van der Waals surface area (Å²) in [6.07, 6.45) is 0. The predicted molar refractivity (Wildman–Crippen MR) is 73.1 cm³/mol. The van der Waals surface area contributed by atoms with E-state index in [-0.39, 0.29) is 10.7 Å². The van der Waals surface area contributed by atoms with Crippen molar-refractivity contribution in [2.24, 2.45) is 7.05 Å². The molecule has 7 heteroatoms. The van der Waals surface area contributed by atoms with Crippen molar-refractivity contribution in [2.75, 3.05) is 31.9 Å². The number of quaternary nitrogens is 1. The number of rotatable bonds is 7. The second kappa shape index (κ2) is 6.41. The second-order valence-electron chi connectivity index (χ2n) is 4.60. The average molecular weight is 295 g/mol. The normalized spacial score (nSPS) is 11.8. The number of hydrogen-bond acceptors (Lipinski definition) is 2. The Hall–Kier alpha value is -0.780. The van der Waals surface area contributed by atoms with E-state index in [1.54, 1.807) is 17.7 Å². The van der Waals surface area contributed by atoms with Crippen LogP contribution in [-0.2, 0) is 13.6 Å². The zero-order valence-corrected chi connectivity index (χ0v) is 12.1. The van der Waals surface area contributed by atoms with Gasteiger partial charge in [0.1, 0.15) is 6.54 Å². The summed E-state index contributed by atoms with van der Waals surface area (Å²) in [5.74, 6) is 1.19. The Morgan fingerprint density at radius 3 is 2.28 bits per heavy atom. The molecule has 102 valence electrons. The van der Waals surface area contributed by atoms with Crippen molar-refractivity contribution in [3.8, 4) is 0 Å². The first kappa shape index (κ1) is 15.3. The summed E-state index contributed by atoms with van der Waals surface area (Å²) < 4.78 is 2.29. The van der Waals surface area contributed by atoms with E-state index in [9.17, 15) is 10.1 Å². The van der Waals surface area contributed by atoms with Gasteiger partial charge in [0.25, 0.3) is 0 Å². The van der Waals surface area contributed by atoms with Gasteiger partial charge in [0.2, 0.25) is 0 Å². The van der Waals surface area contributed by atoms with Crippen LogP contribution in [0.15, 0.2) is 12.1 Å². The fraction of sp³-hybridized carbons (Fsp3) is 0.636. The Labute approximate surface area is 117 Å². The average Bonchev–Trinajstić information content (AvgIpc) is 2.61. The highest BCUT2D eigenvalue weighted by molar-refractivity contribution is 6.18. The zero-order chi connectivity index (χ0) is 13.8. The maximum Gasteiger partial charge on any atom is 0.323 e. The Bertz CT molecular complexity index is 414. The lowest BCUT2D eigenvalue weighted by molar-refractivity contribution is -0.918. The maximum atomic E-state index is 10.8. The number of aromatic nitrogens is 1. The van der Waals surface area contributed by atoms with E-state index in [4.69, 9.17) is 23.2 Å². The largest absolute Gasteiger partial charge is 0.358 e. The summed E-state index contributed by atoms with van der Waals surface area (Å²) in [4.78, 5) is 10.4. The third-order valence-electron chi connectivity index (χ3n) is 3.18. The molecule has 0 saturated carbocycles. The monoisotopic (exact) mass is 294 g/mol. The van der Waals surface area contributed by atoms with Crippen LogP contribution in [0.25, 0.3) is 0 Å². The van der Waals surface area contributed by atoms with Crippen molar-refractivity contribution in [3.05, 3.63) is 27.9 Å². The third-order valence-corrected chi connectivity index (χ3v) is 3.52. The lowest BCUT2D eigenvalue weighted by Gasteiger charge is -2.32. The summed E-state index contributed by atoms with van der Waals surface area (Å²) in [6, 6.07) is 3.32. The number of hydrogen-bond donors (Lipinski definition) is 0. The highest BCUT2D eigenvalue weighted by Crippen LogP contribution is 2.19. The minimum absolute atomic E-state index is 0.105. The Kier molecular flexibility index (Phi) is 5.44. The molecular weight excluding hydrogens is 277 g/mol. The molecule has 0 amide bonds. The zero-order valence-electron chi connectivity index (χ0n) is 10.6. The van der Waals surface area contributed by atoms with E-state index in [1.807, 2.05) is 0 Å². The van der Waals surface area contributed by atoms with Crippen LogP contribution in [0.4, 0.5) is 5.82 Å². The molecule has 1 aromatic heterocycles. The van der Waals surface area contributed by atoms with Gasteiger partial charge in [-0.3, -0.25) is 0 Å². The van der Waals surface area contributed by atoms with Gasteiger partial charge in [0.05, 0.1) is 38.9 Å². The molecule has 0 aromatic carbocycles. The standard InChI is InChI=1S/C11H18Cl2N3O2/c1-14-10(3-4-11(14)15(17)18)9-16(2,7-5-12)8-6-13/h3-4H,5-9H2,1-2H3/q+1. The van der Waals surface area contributed by atoms with Gasteiger partial charge in [-0.25, -0.2) is 4.57 Å². The molecule has 0 radical (unpaired) electrons. The molecule has 0 saturated heterocycles. The topological polar surface area (TPSA) is 48.1 Å². The van der Waals surface area contributed by atoms with Crippen LogP contribution in [0.3, 0.4) is 0 Å². The van der Waals surface area contributed by atoms with Crippen molar-refractivity contribution in [1.82, 2.24) is 4.57 Å². The highest BCUT2D eigenvalue weighted by atomic mass is 35.5. The quantitative estimate of drug-likeness (QED) is 0.335. The summed E-state index contributed by atoms with van der Waals surface area (Å²) in [7, 11) is 3.77. The van der Waals surface area contributed by atoms with Gasteiger partial charge >= 0.3 is 5.82 Å². The Balaban J connectivity index is 2.91. The fourth-order valence-electron chi connectivity index (χ4n) is 1.95. The van der Waals surface area contributed by atoms with Crippen molar-refractivity contribution >= 4 is 29.0 Å². The van der Waals surface area contributed by atoms with Gasteiger partial charge in [-0.1, -0.05) is 0 Å². The first-order valence-corrected chi connectivity index (χ1v) is 6.75. The first-order chi connectivity index (χ1) is 8.43. The van der Waals surface area contributed by atoms with Gasteiger partial charge < -0.3 is 14.6 Å². The van der Waals surface area contributed by atoms with E-state index in [0.717, 1.165) is 18.8 Å². The molecule has 0 bridgehead atoms. The van der Waals surface area contributed by atoms with Crippen molar-refractivity contribution in [3.63, 3.8) is 0 Å². The van der Waals surface area contributed by atoms with E-state index in [2.05, 4.69) is 7.05 Å². The number of nitro groups is 1. The van der Waals surface area contributed by atoms with Crippen LogP contribution < -0.4 is 0 Å². The maximum absolute atomic E-state index is 10.8. The van der Waals surface area contributed by atoms with Crippen molar-refractivity contribution in [1.29, 1.82) is 0 Å². The number of alkyl halides is 2. The summed E-state index contributed by atoms with van der Waals surface area (Å²) in [6.45, 7) is 2.25. The SMILES string of the molecule is Cn1c(C[N+](C)(CCCl)CCCl)ccc1[N+](=O)[O-]. The number of nitrogens with zero attached hydrogens (tertiary/aromatic N) is 3. The first-order valence-electron chi connectivity index (χ1n) is 5.68. The Morgan fingerprint density at radius 2 is 1.89 bits per heavy atom. The van der Waals surface area contributed by atoms with E-state index >= 15 is 0 Å². The van der Waals surface area contributed by atoms with Gasteiger partial charge in [0, 0.05) is 6.07 Å². The van der Waals surface area contributed by atoms with E-state index in [0.29, 0.717) is 22.8 Å². The minimum atomic E-state index is -0.378. The lowest BCUT2D eigenvalue weighted by atomic mass is 10.3. The van der Waals surface area contributed by atoms with Gasteiger partial charge in [-0.15, -0.1) is 23.2 Å². The summed E-state index contributed by atoms with van der Waals surface area (Å²) in [5.41, 5.74) is 0.916. The van der Waals surface area contributed by atoms with E-state index < -0.39 is 0 Å². The van der Waals surface area contributed by atoms with Crippen LogP contribution in [0.5, 0.6) is 0 Å². The smallest absolute Gasteiger partial charge is 0.323 e. The molecule has 0 atom stereocenters. The Morgan fingerprint density at radius 1 is 1.33 bits per heavy atom. The molecule has 0 aliphatic heterocycles. The van der Waals surface area contributed by atoms with E-state index in [1.165, 1.54) is 6.07 Å². The molecule has 1 heterocycles. The molecule has 1 rings (SSSR count). The molecule has 1 aromatic rings. The van der Waals surface area contributed by atoms with Gasteiger partial charge in [-0.2, -0.15) is 0 Å². The van der Waals surface area contributed by atoms with Crippen molar-refractivity contribution in [2.45, 2.75) is 6.54 Å².